The Balaban J connectivity index is 2.39. The zero-order chi connectivity index (χ0) is 14.4. The van der Waals surface area contributed by atoms with Gasteiger partial charge in [0.2, 0.25) is 0 Å². The monoisotopic (exact) mass is 287 g/mol. The first-order valence-corrected chi connectivity index (χ1v) is 8.02. The molecule has 0 aromatic heterocycles. The average molecular weight is 287 g/mol. The van der Waals surface area contributed by atoms with Crippen LogP contribution < -0.4 is 10.1 Å². The van der Waals surface area contributed by atoms with E-state index in [-0.39, 0.29) is 6.04 Å². The molecule has 0 heterocycles. The van der Waals surface area contributed by atoms with Gasteiger partial charge < -0.3 is 10.1 Å². The van der Waals surface area contributed by atoms with Gasteiger partial charge in [0, 0.05) is 10.5 Å². The van der Waals surface area contributed by atoms with E-state index in [0.29, 0.717) is 0 Å². The van der Waals surface area contributed by atoms with Gasteiger partial charge in [-0.25, -0.2) is 0 Å². The van der Waals surface area contributed by atoms with Crippen molar-refractivity contribution in [2.45, 2.75) is 17.9 Å². The molecule has 0 fully saturated rings. The van der Waals surface area contributed by atoms with E-state index in [4.69, 9.17) is 4.74 Å². The van der Waals surface area contributed by atoms with Gasteiger partial charge in [-0.3, -0.25) is 0 Å². The summed E-state index contributed by atoms with van der Waals surface area (Å²) in [5, 5.41) is 3.54. The van der Waals surface area contributed by atoms with Crippen molar-refractivity contribution in [1.29, 1.82) is 0 Å². The number of methoxy groups -OCH3 is 1. The Morgan fingerprint density at radius 2 is 1.80 bits per heavy atom. The van der Waals surface area contributed by atoms with Crippen molar-refractivity contribution in [3.05, 3.63) is 59.7 Å². The maximum atomic E-state index is 5.49. The molecule has 1 N–H and O–H groups in total. The van der Waals surface area contributed by atoms with Crippen LogP contribution in [0.3, 0.4) is 0 Å². The fourth-order valence-corrected chi connectivity index (χ4v) is 2.72. The van der Waals surface area contributed by atoms with Crippen molar-refractivity contribution in [3.63, 3.8) is 0 Å². The molecule has 1 atom stereocenters. The normalized spacial score (nSPS) is 12.2. The van der Waals surface area contributed by atoms with Gasteiger partial charge in [-0.1, -0.05) is 37.3 Å². The van der Waals surface area contributed by atoms with Crippen LogP contribution in [0.2, 0.25) is 0 Å². The second-order valence-electron chi connectivity index (χ2n) is 4.51. The van der Waals surface area contributed by atoms with E-state index in [0.717, 1.165) is 12.3 Å². The maximum absolute atomic E-state index is 5.49. The standard InChI is InChI=1S/C17H21NOS/c1-4-18-17(13-9-11-14(20-3)12-10-13)15-7-5-6-8-16(15)19-2/h5-12,17-18H,4H2,1-3H3. The van der Waals surface area contributed by atoms with Gasteiger partial charge in [-0.2, -0.15) is 0 Å². The molecule has 2 rings (SSSR count). The van der Waals surface area contributed by atoms with E-state index in [1.807, 2.05) is 12.1 Å². The largest absolute Gasteiger partial charge is 0.496 e. The number of hydrogen-bond acceptors (Lipinski definition) is 3. The summed E-state index contributed by atoms with van der Waals surface area (Å²) >= 11 is 1.76. The Labute approximate surface area is 125 Å². The highest BCUT2D eigenvalue weighted by Gasteiger charge is 2.16. The minimum Gasteiger partial charge on any atom is -0.496 e. The summed E-state index contributed by atoms with van der Waals surface area (Å²) < 4.78 is 5.49. The van der Waals surface area contributed by atoms with Crippen LogP contribution in [0.25, 0.3) is 0 Å². The van der Waals surface area contributed by atoms with Crippen molar-refractivity contribution in [3.8, 4) is 5.75 Å². The van der Waals surface area contributed by atoms with E-state index >= 15 is 0 Å². The number of ether oxygens (including phenoxy) is 1. The molecule has 0 saturated carbocycles. The fraction of sp³-hybridized carbons (Fsp3) is 0.294. The molecule has 0 radical (unpaired) electrons. The Kier molecular flexibility index (Phi) is 5.50. The molecule has 0 bridgehead atoms. The van der Waals surface area contributed by atoms with E-state index in [2.05, 4.69) is 54.9 Å². The van der Waals surface area contributed by atoms with Crippen molar-refractivity contribution in [2.24, 2.45) is 0 Å². The van der Waals surface area contributed by atoms with E-state index in [1.165, 1.54) is 16.0 Å². The van der Waals surface area contributed by atoms with Crippen LogP contribution in [0, 0.1) is 0 Å². The molecule has 2 nitrogen and oxygen atoms in total. The molecule has 0 spiro atoms. The molecule has 0 amide bonds. The highest BCUT2D eigenvalue weighted by Crippen LogP contribution is 2.30. The molecule has 0 aliphatic rings. The van der Waals surface area contributed by atoms with Crippen LogP contribution in [0.1, 0.15) is 24.1 Å². The summed E-state index contributed by atoms with van der Waals surface area (Å²) in [4.78, 5) is 1.28. The van der Waals surface area contributed by atoms with Crippen LogP contribution in [-0.2, 0) is 0 Å². The molecule has 0 saturated heterocycles. The summed E-state index contributed by atoms with van der Waals surface area (Å²) in [7, 11) is 1.72. The quantitative estimate of drug-likeness (QED) is 0.808. The second kappa shape index (κ2) is 7.36. The average Bonchev–Trinajstić information content (AvgIpc) is 2.53. The minimum atomic E-state index is 0.159. The first-order chi connectivity index (χ1) is 9.80. The molecular formula is C17H21NOS. The summed E-state index contributed by atoms with van der Waals surface area (Å²) in [5.74, 6) is 0.924. The maximum Gasteiger partial charge on any atom is 0.123 e. The molecule has 1 unspecified atom stereocenters. The molecule has 20 heavy (non-hydrogen) atoms. The van der Waals surface area contributed by atoms with Crippen molar-refractivity contribution < 1.29 is 4.74 Å². The number of rotatable bonds is 6. The lowest BCUT2D eigenvalue weighted by molar-refractivity contribution is 0.404. The third-order valence-electron chi connectivity index (χ3n) is 3.31. The zero-order valence-electron chi connectivity index (χ0n) is 12.2. The topological polar surface area (TPSA) is 21.3 Å². The lowest BCUT2D eigenvalue weighted by Gasteiger charge is -2.21. The Bertz CT molecular complexity index is 539. The zero-order valence-corrected chi connectivity index (χ0v) is 13.0. The lowest BCUT2D eigenvalue weighted by atomic mass is 9.98. The smallest absolute Gasteiger partial charge is 0.123 e. The number of hydrogen-bond donors (Lipinski definition) is 1. The predicted octanol–water partition coefficient (Wildman–Crippen LogP) is 4.12. The third-order valence-corrected chi connectivity index (χ3v) is 4.05. The number of para-hydroxylation sites is 1. The van der Waals surface area contributed by atoms with E-state index in [1.54, 1.807) is 18.9 Å². The third kappa shape index (κ3) is 3.35. The summed E-state index contributed by atoms with van der Waals surface area (Å²) in [6, 6.07) is 17.1. The van der Waals surface area contributed by atoms with Crippen molar-refractivity contribution >= 4 is 11.8 Å². The Hall–Kier alpha value is -1.45. The highest BCUT2D eigenvalue weighted by atomic mass is 32.2. The lowest BCUT2D eigenvalue weighted by Crippen LogP contribution is -2.22. The predicted molar refractivity (Wildman–Crippen MR) is 86.7 cm³/mol. The summed E-state index contributed by atoms with van der Waals surface area (Å²) in [6.45, 7) is 3.03. The van der Waals surface area contributed by atoms with Gasteiger partial charge >= 0.3 is 0 Å². The first-order valence-electron chi connectivity index (χ1n) is 6.80. The molecule has 2 aromatic carbocycles. The van der Waals surface area contributed by atoms with E-state index in [9.17, 15) is 0 Å². The molecule has 0 aliphatic heterocycles. The van der Waals surface area contributed by atoms with Crippen molar-refractivity contribution in [2.75, 3.05) is 19.9 Å². The van der Waals surface area contributed by atoms with Crippen LogP contribution in [0.5, 0.6) is 5.75 Å². The molecular weight excluding hydrogens is 266 g/mol. The number of benzene rings is 2. The van der Waals surface area contributed by atoms with Gasteiger partial charge in [0.1, 0.15) is 5.75 Å². The van der Waals surface area contributed by atoms with Crippen molar-refractivity contribution in [1.82, 2.24) is 5.32 Å². The van der Waals surface area contributed by atoms with Gasteiger partial charge in [0.05, 0.1) is 13.2 Å². The first kappa shape index (κ1) is 14.9. The molecule has 3 heteroatoms. The van der Waals surface area contributed by atoms with Crippen LogP contribution in [-0.4, -0.2) is 19.9 Å². The second-order valence-corrected chi connectivity index (χ2v) is 5.39. The van der Waals surface area contributed by atoms with E-state index < -0.39 is 0 Å². The highest BCUT2D eigenvalue weighted by molar-refractivity contribution is 7.98. The Morgan fingerprint density at radius 1 is 1.10 bits per heavy atom. The van der Waals surface area contributed by atoms with Gasteiger partial charge in [0.25, 0.3) is 0 Å². The fourth-order valence-electron chi connectivity index (χ4n) is 2.31. The molecule has 106 valence electrons. The van der Waals surface area contributed by atoms with Crippen LogP contribution in [0.15, 0.2) is 53.4 Å². The number of thioether (sulfide) groups is 1. The van der Waals surface area contributed by atoms with Crippen LogP contribution in [0.4, 0.5) is 0 Å². The Morgan fingerprint density at radius 3 is 2.40 bits per heavy atom. The van der Waals surface area contributed by atoms with Gasteiger partial charge in [0.15, 0.2) is 0 Å². The molecule has 0 aliphatic carbocycles. The van der Waals surface area contributed by atoms with Gasteiger partial charge in [-0.15, -0.1) is 11.8 Å². The number of nitrogens with one attached hydrogen (secondary N) is 1. The summed E-state index contributed by atoms with van der Waals surface area (Å²) in [5.41, 5.74) is 2.43. The van der Waals surface area contributed by atoms with Gasteiger partial charge in [-0.05, 0) is 36.6 Å². The molecule has 2 aromatic rings. The minimum absolute atomic E-state index is 0.159. The van der Waals surface area contributed by atoms with Crippen LogP contribution >= 0.6 is 11.8 Å². The summed E-state index contributed by atoms with van der Waals surface area (Å²) in [6.07, 6.45) is 2.09. The SMILES string of the molecule is CCNC(c1ccc(SC)cc1)c1ccccc1OC.